The van der Waals surface area contributed by atoms with Crippen molar-refractivity contribution in [1.82, 2.24) is 5.32 Å². The average molecular weight is 356 g/mol. The van der Waals surface area contributed by atoms with Gasteiger partial charge in [0.15, 0.2) is 0 Å². The number of carbonyl (C=O) groups excluding carboxylic acids is 1. The van der Waals surface area contributed by atoms with Crippen LogP contribution >= 0.6 is 15.9 Å². The van der Waals surface area contributed by atoms with Crippen molar-refractivity contribution in [1.29, 1.82) is 0 Å². The normalized spacial score (nSPS) is 17.2. The summed E-state index contributed by atoms with van der Waals surface area (Å²) in [4.78, 5) is 23.6. The van der Waals surface area contributed by atoms with E-state index in [1.807, 2.05) is 25.1 Å². The smallest absolute Gasteiger partial charge is 0.329 e. The molecule has 0 radical (unpaired) electrons. The van der Waals surface area contributed by atoms with Crippen LogP contribution in [0.15, 0.2) is 22.7 Å². The molecule has 1 fully saturated rings. The van der Waals surface area contributed by atoms with Gasteiger partial charge in [0.05, 0.1) is 6.42 Å². The average Bonchev–Trinajstić information content (AvgIpc) is 2.43. The van der Waals surface area contributed by atoms with E-state index < -0.39 is 11.5 Å². The first-order chi connectivity index (χ1) is 9.93. The van der Waals surface area contributed by atoms with Crippen LogP contribution in [0.1, 0.15) is 24.0 Å². The number of halogens is 1. The number of aliphatic carboxylic acids is 1. The number of hydrogen-bond acceptors (Lipinski definition) is 3. The van der Waals surface area contributed by atoms with E-state index in [4.69, 9.17) is 4.74 Å². The minimum absolute atomic E-state index is 0.161. The Balaban J connectivity index is 2.05. The maximum Gasteiger partial charge on any atom is 0.329 e. The molecule has 0 bridgehead atoms. The molecule has 21 heavy (non-hydrogen) atoms. The zero-order chi connectivity index (χ0) is 15.5. The highest BCUT2D eigenvalue weighted by molar-refractivity contribution is 9.10. The van der Waals surface area contributed by atoms with E-state index in [9.17, 15) is 14.7 Å². The second-order valence-corrected chi connectivity index (χ2v) is 6.16. The number of carboxylic acids is 1. The van der Waals surface area contributed by atoms with E-state index >= 15 is 0 Å². The number of carbonyl (C=O) groups is 2. The lowest BCUT2D eigenvalue weighted by atomic mass is 9.90. The molecule has 1 aliphatic rings. The van der Waals surface area contributed by atoms with Gasteiger partial charge in [-0.25, -0.2) is 4.79 Å². The van der Waals surface area contributed by atoms with Gasteiger partial charge in [0, 0.05) is 30.5 Å². The van der Waals surface area contributed by atoms with Gasteiger partial charge in [-0.15, -0.1) is 0 Å². The Morgan fingerprint density at radius 1 is 1.38 bits per heavy atom. The van der Waals surface area contributed by atoms with Gasteiger partial charge in [-0.3, -0.25) is 4.79 Å². The molecule has 0 aliphatic carbocycles. The third-order valence-electron chi connectivity index (χ3n) is 3.74. The Morgan fingerprint density at radius 3 is 2.62 bits per heavy atom. The number of carboxylic acid groups (broad SMARTS) is 1. The van der Waals surface area contributed by atoms with Crippen molar-refractivity contribution in [3.63, 3.8) is 0 Å². The topological polar surface area (TPSA) is 75.6 Å². The predicted octanol–water partition coefficient (Wildman–Crippen LogP) is 2.05. The lowest BCUT2D eigenvalue weighted by molar-refractivity contribution is -0.152. The fourth-order valence-electron chi connectivity index (χ4n) is 2.35. The molecular weight excluding hydrogens is 338 g/mol. The van der Waals surface area contributed by atoms with E-state index in [1.54, 1.807) is 0 Å². The van der Waals surface area contributed by atoms with Crippen molar-refractivity contribution in [3.8, 4) is 0 Å². The summed E-state index contributed by atoms with van der Waals surface area (Å²) in [6, 6.07) is 5.68. The zero-order valence-corrected chi connectivity index (χ0v) is 13.4. The van der Waals surface area contributed by atoms with Crippen LogP contribution in [0.25, 0.3) is 0 Å². The lowest BCUT2D eigenvalue weighted by Crippen LogP contribution is -2.57. The van der Waals surface area contributed by atoms with E-state index in [1.165, 1.54) is 0 Å². The molecule has 0 atom stereocenters. The van der Waals surface area contributed by atoms with Crippen molar-refractivity contribution < 1.29 is 19.4 Å². The molecule has 0 spiro atoms. The number of hydrogen-bond donors (Lipinski definition) is 2. The molecule has 1 aromatic rings. The molecule has 1 heterocycles. The van der Waals surface area contributed by atoms with E-state index in [0.29, 0.717) is 26.1 Å². The number of amides is 1. The molecule has 2 N–H and O–H groups in total. The van der Waals surface area contributed by atoms with Crippen LogP contribution in [0.5, 0.6) is 0 Å². The molecule has 1 amide bonds. The Hall–Kier alpha value is -1.40. The third-order valence-corrected chi connectivity index (χ3v) is 4.59. The van der Waals surface area contributed by atoms with Gasteiger partial charge in [0.2, 0.25) is 5.91 Å². The molecule has 2 rings (SSSR count). The van der Waals surface area contributed by atoms with Gasteiger partial charge in [0.25, 0.3) is 0 Å². The molecule has 1 aliphatic heterocycles. The van der Waals surface area contributed by atoms with Crippen LogP contribution in [0.4, 0.5) is 0 Å². The molecule has 1 saturated heterocycles. The maximum atomic E-state index is 12.2. The molecular formula is C15H18BrNO4. The number of aryl methyl sites for hydroxylation is 1. The first kappa shape index (κ1) is 16.0. The standard InChI is InChI=1S/C15H18BrNO4/c1-10-2-3-11(8-12(10)16)9-13(18)17-15(14(19)20)4-6-21-7-5-15/h2-3,8H,4-7,9H2,1H3,(H,17,18)(H,19,20). The summed E-state index contributed by atoms with van der Waals surface area (Å²) < 4.78 is 6.12. The van der Waals surface area contributed by atoms with Crippen molar-refractivity contribution in [3.05, 3.63) is 33.8 Å². The molecule has 0 aromatic heterocycles. The van der Waals surface area contributed by atoms with Crippen LogP contribution < -0.4 is 5.32 Å². The molecule has 1 aromatic carbocycles. The first-order valence-corrected chi connectivity index (χ1v) is 7.59. The molecule has 0 unspecified atom stereocenters. The monoisotopic (exact) mass is 355 g/mol. The Labute approximate surface area is 131 Å². The minimum atomic E-state index is -1.20. The fourth-order valence-corrected chi connectivity index (χ4v) is 2.78. The quantitative estimate of drug-likeness (QED) is 0.866. The van der Waals surface area contributed by atoms with Gasteiger partial charge < -0.3 is 15.2 Å². The number of nitrogens with one attached hydrogen (secondary N) is 1. The van der Waals surface area contributed by atoms with Crippen molar-refractivity contribution in [2.75, 3.05) is 13.2 Å². The van der Waals surface area contributed by atoms with E-state index in [0.717, 1.165) is 15.6 Å². The van der Waals surface area contributed by atoms with Crippen molar-refractivity contribution >= 4 is 27.8 Å². The van der Waals surface area contributed by atoms with Crippen molar-refractivity contribution in [2.45, 2.75) is 31.7 Å². The number of benzene rings is 1. The zero-order valence-electron chi connectivity index (χ0n) is 11.8. The maximum absolute atomic E-state index is 12.2. The van der Waals surface area contributed by atoms with Crippen LogP contribution in [0, 0.1) is 6.92 Å². The van der Waals surface area contributed by atoms with Gasteiger partial charge >= 0.3 is 5.97 Å². The largest absolute Gasteiger partial charge is 0.480 e. The fraction of sp³-hybridized carbons (Fsp3) is 0.467. The summed E-state index contributed by atoms with van der Waals surface area (Å²) >= 11 is 3.43. The number of ether oxygens (including phenoxy) is 1. The third kappa shape index (κ3) is 3.83. The Bertz CT molecular complexity index is 553. The highest BCUT2D eigenvalue weighted by atomic mass is 79.9. The van der Waals surface area contributed by atoms with Gasteiger partial charge in [-0.2, -0.15) is 0 Å². The Morgan fingerprint density at radius 2 is 2.05 bits per heavy atom. The predicted molar refractivity (Wildman–Crippen MR) is 81.1 cm³/mol. The van der Waals surface area contributed by atoms with Crippen LogP contribution in [-0.2, 0) is 20.7 Å². The molecule has 5 nitrogen and oxygen atoms in total. The second kappa shape index (κ2) is 6.58. The highest BCUT2D eigenvalue weighted by Gasteiger charge is 2.41. The lowest BCUT2D eigenvalue weighted by Gasteiger charge is -2.33. The van der Waals surface area contributed by atoms with E-state index in [-0.39, 0.29) is 12.3 Å². The van der Waals surface area contributed by atoms with Crippen LogP contribution in [0.3, 0.4) is 0 Å². The molecule has 114 valence electrons. The minimum Gasteiger partial charge on any atom is -0.480 e. The SMILES string of the molecule is Cc1ccc(CC(=O)NC2(C(=O)O)CCOCC2)cc1Br. The first-order valence-electron chi connectivity index (χ1n) is 6.80. The van der Waals surface area contributed by atoms with Crippen molar-refractivity contribution in [2.24, 2.45) is 0 Å². The van der Waals surface area contributed by atoms with Gasteiger partial charge in [-0.1, -0.05) is 28.1 Å². The molecule has 6 heteroatoms. The summed E-state index contributed by atoms with van der Waals surface area (Å²) in [5, 5.41) is 12.1. The van der Waals surface area contributed by atoms with Crippen LogP contribution in [-0.4, -0.2) is 35.7 Å². The van der Waals surface area contributed by atoms with Crippen LogP contribution in [0.2, 0.25) is 0 Å². The summed E-state index contributed by atoms with van der Waals surface area (Å²) in [6.07, 6.45) is 0.756. The van der Waals surface area contributed by atoms with Gasteiger partial charge in [-0.05, 0) is 24.1 Å². The summed E-state index contributed by atoms with van der Waals surface area (Å²) in [5.74, 6) is -1.28. The Kier molecular flexibility index (Phi) is 5.00. The number of rotatable bonds is 4. The summed E-state index contributed by atoms with van der Waals surface area (Å²) in [7, 11) is 0. The summed E-state index contributed by atoms with van der Waals surface area (Å²) in [6.45, 7) is 2.67. The highest BCUT2D eigenvalue weighted by Crippen LogP contribution is 2.22. The molecule has 0 saturated carbocycles. The van der Waals surface area contributed by atoms with Gasteiger partial charge in [0.1, 0.15) is 5.54 Å². The van der Waals surface area contributed by atoms with E-state index in [2.05, 4.69) is 21.2 Å². The summed E-state index contributed by atoms with van der Waals surface area (Å²) in [5.41, 5.74) is 0.736. The second-order valence-electron chi connectivity index (χ2n) is 5.31.